The Labute approximate surface area is 103 Å². The molecule has 0 saturated heterocycles. The van der Waals surface area contributed by atoms with Gasteiger partial charge < -0.3 is 10.6 Å². The number of nitrogens with zero attached hydrogens (tertiary/aromatic N) is 1. The van der Waals surface area contributed by atoms with E-state index in [1.165, 1.54) is 0 Å². The summed E-state index contributed by atoms with van der Waals surface area (Å²) in [5, 5.41) is 5.82. The molecule has 0 aliphatic carbocycles. The van der Waals surface area contributed by atoms with Crippen LogP contribution in [0.5, 0.6) is 0 Å². The zero-order valence-corrected chi connectivity index (χ0v) is 10.7. The minimum atomic E-state index is -0.128. The van der Waals surface area contributed by atoms with Gasteiger partial charge in [0.25, 0.3) is 0 Å². The van der Waals surface area contributed by atoms with Gasteiger partial charge in [-0.3, -0.25) is 4.98 Å². The molecule has 0 saturated carbocycles. The van der Waals surface area contributed by atoms with Crippen LogP contribution in [-0.4, -0.2) is 17.1 Å². The number of aromatic nitrogens is 1. The van der Waals surface area contributed by atoms with Crippen LogP contribution in [-0.2, 0) is 0 Å². The molecule has 94 valence electrons. The van der Waals surface area contributed by atoms with Gasteiger partial charge >= 0.3 is 6.03 Å². The zero-order valence-electron chi connectivity index (χ0n) is 10.7. The maximum Gasteiger partial charge on any atom is 0.315 e. The molecule has 4 nitrogen and oxygen atoms in total. The van der Waals surface area contributed by atoms with Crippen molar-refractivity contribution in [3.63, 3.8) is 0 Å². The molecule has 17 heavy (non-hydrogen) atoms. The van der Waals surface area contributed by atoms with Crippen molar-refractivity contribution < 1.29 is 4.79 Å². The molecule has 2 amide bonds. The highest BCUT2D eigenvalue weighted by Crippen LogP contribution is 2.07. The maximum atomic E-state index is 11.7. The number of hydrogen-bond donors (Lipinski definition) is 2. The van der Waals surface area contributed by atoms with E-state index in [0.29, 0.717) is 0 Å². The summed E-state index contributed by atoms with van der Waals surface area (Å²) in [6, 6.07) is 5.72. The lowest BCUT2D eigenvalue weighted by Crippen LogP contribution is -2.42. The summed E-state index contributed by atoms with van der Waals surface area (Å²) in [7, 11) is 0. The third-order valence-electron chi connectivity index (χ3n) is 2.80. The molecule has 0 spiro atoms. The van der Waals surface area contributed by atoms with E-state index in [1.807, 2.05) is 25.1 Å². The summed E-state index contributed by atoms with van der Waals surface area (Å²) in [6.07, 6.45) is 3.62. The van der Waals surface area contributed by atoms with E-state index >= 15 is 0 Å². The van der Waals surface area contributed by atoms with Crippen LogP contribution < -0.4 is 10.6 Å². The van der Waals surface area contributed by atoms with Crippen molar-refractivity contribution in [2.75, 3.05) is 0 Å². The Morgan fingerprint density at radius 1 is 1.29 bits per heavy atom. The van der Waals surface area contributed by atoms with Crippen LogP contribution >= 0.6 is 0 Å². The van der Waals surface area contributed by atoms with Gasteiger partial charge in [0.05, 0.1) is 11.7 Å². The van der Waals surface area contributed by atoms with Gasteiger partial charge in [-0.25, -0.2) is 4.79 Å². The van der Waals surface area contributed by atoms with Crippen LogP contribution in [0.15, 0.2) is 24.4 Å². The van der Waals surface area contributed by atoms with Gasteiger partial charge in [0, 0.05) is 12.2 Å². The second-order valence-corrected chi connectivity index (χ2v) is 4.11. The van der Waals surface area contributed by atoms with E-state index in [9.17, 15) is 4.79 Å². The molecule has 1 rings (SSSR count). The van der Waals surface area contributed by atoms with Gasteiger partial charge in [-0.2, -0.15) is 0 Å². The Morgan fingerprint density at radius 2 is 2.00 bits per heavy atom. The Kier molecular flexibility index (Phi) is 5.46. The highest BCUT2D eigenvalue weighted by atomic mass is 16.2. The highest BCUT2D eigenvalue weighted by molar-refractivity contribution is 5.74. The highest BCUT2D eigenvalue weighted by Gasteiger charge is 2.12. The summed E-state index contributed by atoms with van der Waals surface area (Å²) in [5.41, 5.74) is 0.868. The molecule has 0 aliphatic rings. The topological polar surface area (TPSA) is 54.0 Å². The number of rotatable bonds is 5. The molecular weight excluding hydrogens is 214 g/mol. The van der Waals surface area contributed by atoms with E-state index in [0.717, 1.165) is 18.5 Å². The second-order valence-electron chi connectivity index (χ2n) is 4.11. The summed E-state index contributed by atoms with van der Waals surface area (Å²) in [5.74, 6) is 0. The smallest absolute Gasteiger partial charge is 0.315 e. The van der Waals surface area contributed by atoms with E-state index in [1.54, 1.807) is 6.20 Å². The lowest BCUT2D eigenvalue weighted by Gasteiger charge is -2.18. The average molecular weight is 235 g/mol. The third-order valence-corrected chi connectivity index (χ3v) is 2.80. The van der Waals surface area contributed by atoms with Gasteiger partial charge in [-0.1, -0.05) is 19.9 Å². The van der Waals surface area contributed by atoms with Crippen LogP contribution in [0, 0.1) is 0 Å². The van der Waals surface area contributed by atoms with E-state index < -0.39 is 0 Å². The predicted octanol–water partition coefficient (Wildman–Crippen LogP) is 2.63. The molecule has 1 heterocycles. The van der Waals surface area contributed by atoms with Gasteiger partial charge in [-0.15, -0.1) is 0 Å². The van der Waals surface area contributed by atoms with Gasteiger partial charge in [0.1, 0.15) is 0 Å². The van der Waals surface area contributed by atoms with Crippen LogP contribution in [0.1, 0.15) is 45.3 Å². The number of nitrogens with one attached hydrogen (secondary N) is 2. The maximum absolute atomic E-state index is 11.7. The number of carbonyl (C=O) groups excluding carboxylic acids is 1. The number of pyridine rings is 1. The Morgan fingerprint density at radius 3 is 2.53 bits per heavy atom. The molecule has 1 atom stereocenters. The van der Waals surface area contributed by atoms with Gasteiger partial charge in [0.2, 0.25) is 0 Å². The lowest BCUT2D eigenvalue weighted by molar-refractivity contribution is 0.233. The van der Waals surface area contributed by atoms with Crippen molar-refractivity contribution in [1.82, 2.24) is 15.6 Å². The molecule has 0 unspecified atom stereocenters. The second kappa shape index (κ2) is 6.89. The van der Waals surface area contributed by atoms with E-state index in [-0.39, 0.29) is 18.1 Å². The molecule has 1 aromatic rings. The van der Waals surface area contributed by atoms with E-state index in [2.05, 4.69) is 29.5 Å². The van der Waals surface area contributed by atoms with Crippen molar-refractivity contribution in [1.29, 1.82) is 0 Å². The monoisotopic (exact) mass is 235 g/mol. The van der Waals surface area contributed by atoms with Crippen molar-refractivity contribution in [2.24, 2.45) is 0 Å². The number of urea groups is 1. The Bertz CT molecular complexity index is 336. The van der Waals surface area contributed by atoms with Crippen molar-refractivity contribution in [3.8, 4) is 0 Å². The third kappa shape index (κ3) is 4.43. The minimum absolute atomic E-state index is 0.0782. The van der Waals surface area contributed by atoms with Gasteiger partial charge in [-0.05, 0) is 31.9 Å². The van der Waals surface area contributed by atoms with Crippen LogP contribution in [0.25, 0.3) is 0 Å². The minimum Gasteiger partial charge on any atom is -0.335 e. The standard InChI is InChI=1S/C13H21N3O/c1-4-11(5-2)16-13(17)15-10(3)12-8-6-7-9-14-12/h6-11H,4-5H2,1-3H3,(H2,15,16,17)/t10-/m0/s1. The van der Waals surface area contributed by atoms with Crippen LogP contribution in [0.4, 0.5) is 4.79 Å². The number of hydrogen-bond acceptors (Lipinski definition) is 2. The quantitative estimate of drug-likeness (QED) is 0.824. The number of carbonyl (C=O) groups is 1. The van der Waals surface area contributed by atoms with Crippen LogP contribution in [0.3, 0.4) is 0 Å². The first-order chi connectivity index (χ1) is 8.17. The summed E-state index contributed by atoms with van der Waals surface area (Å²) >= 11 is 0. The molecular formula is C13H21N3O. The van der Waals surface area contributed by atoms with Crippen LogP contribution in [0.2, 0.25) is 0 Å². The molecule has 0 aromatic carbocycles. The summed E-state index contributed by atoms with van der Waals surface area (Å²) in [4.78, 5) is 15.9. The summed E-state index contributed by atoms with van der Waals surface area (Å²) in [6.45, 7) is 6.06. The Balaban J connectivity index is 2.46. The first kappa shape index (κ1) is 13.5. The normalized spacial score (nSPS) is 12.2. The fourth-order valence-electron chi connectivity index (χ4n) is 1.62. The van der Waals surface area contributed by atoms with E-state index in [4.69, 9.17) is 0 Å². The van der Waals surface area contributed by atoms with Crippen molar-refractivity contribution >= 4 is 6.03 Å². The Hall–Kier alpha value is -1.58. The molecule has 0 aliphatic heterocycles. The molecule has 0 bridgehead atoms. The first-order valence-electron chi connectivity index (χ1n) is 6.15. The molecule has 1 aromatic heterocycles. The number of amides is 2. The fourth-order valence-corrected chi connectivity index (χ4v) is 1.62. The summed E-state index contributed by atoms with van der Waals surface area (Å²) < 4.78 is 0. The first-order valence-corrected chi connectivity index (χ1v) is 6.15. The average Bonchev–Trinajstić information content (AvgIpc) is 2.37. The predicted molar refractivity (Wildman–Crippen MR) is 68.7 cm³/mol. The molecule has 0 radical (unpaired) electrons. The molecule has 4 heteroatoms. The lowest BCUT2D eigenvalue weighted by atomic mass is 10.2. The SMILES string of the molecule is CCC(CC)NC(=O)N[C@@H](C)c1ccccn1. The molecule has 0 fully saturated rings. The van der Waals surface area contributed by atoms with Crippen molar-refractivity contribution in [2.45, 2.75) is 45.7 Å². The van der Waals surface area contributed by atoms with Gasteiger partial charge in [0.15, 0.2) is 0 Å². The van der Waals surface area contributed by atoms with Crippen molar-refractivity contribution in [3.05, 3.63) is 30.1 Å². The molecule has 2 N–H and O–H groups in total. The fraction of sp³-hybridized carbons (Fsp3) is 0.538. The zero-order chi connectivity index (χ0) is 12.7. The largest absolute Gasteiger partial charge is 0.335 e.